The van der Waals surface area contributed by atoms with Crippen molar-refractivity contribution in [3.8, 4) is 0 Å². The monoisotopic (exact) mass is 305 g/mol. The third-order valence-electron chi connectivity index (χ3n) is 4.05. The highest BCUT2D eigenvalue weighted by atomic mass is 32.2. The summed E-state index contributed by atoms with van der Waals surface area (Å²) in [6.07, 6.45) is 0. The molecular weight excluding hydrogens is 289 g/mol. The van der Waals surface area contributed by atoms with Crippen LogP contribution in [0.15, 0.2) is 59.5 Å². The SMILES string of the molecule is NCC1C(c2ccc(F)cc2)C1S(=O)(=O)c1ccccc1. The average Bonchev–Trinajstić information content (AvgIpc) is 3.24. The lowest BCUT2D eigenvalue weighted by atomic mass is 10.1. The van der Waals surface area contributed by atoms with Gasteiger partial charge < -0.3 is 5.73 Å². The van der Waals surface area contributed by atoms with Crippen molar-refractivity contribution in [1.29, 1.82) is 0 Å². The summed E-state index contributed by atoms with van der Waals surface area (Å²) in [5, 5.41) is -0.518. The van der Waals surface area contributed by atoms with Crippen molar-refractivity contribution in [1.82, 2.24) is 0 Å². The first-order valence-electron chi connectivity index (χ1n) is 6.80. The highest BCUT2D eigenvalue weighted by molar-refractivity contribution is 7.92. The van der Waals surface area contributed by atoms with Crippen LogP contribution >= 0.6 is 0 Å². The third kappa shape index (κ3) is 2.47. The number of halogens is 1. The van der Waals surface area contributed by atoms with E-state index in [1.54, 1.807) is 42.5 Å². The first kappa shape index (κ1) is 14.2. The summed E-state index contributed by atoms with van der Waals surface area (Å²) in [6, 6.07) is 14.4. The molecule has 3 nitrogen and oxygen atoms in total. The fourth-order valence-corrected chi connectivity index (χ4v) is 5.18. The molecule has 3 rings (SSSR count). The molecule has 0 aliphatic heterocycles. The Kier molecular flexibility index (Phi) is 3.55. The molecule has 2 N–H and O–H groups in total. The topological polar surface area (TPSA) is 60.2 Å². The molecule has 21 heavy (non-hydrogen) atoms. The van der Waals surface area contributed by atoms with Gasteiger partial charge in [0.2, 0.25) is 0 Å². The maximum Gasteiger partial charge on any atom is 0.182 e. The molecule has 2 aromatic rings. The Morgan fingerprint density at radius 1 is 1.00 bits per heavy atom. The van der Waals surface area contributed by atoms with Crippen molar-refractivity contribution in [3.63, 3.8) is 0 Å². The molecule has 110 valence electrons. The Morgan fingerprint density at radius 2 is 1.62 bits per heavy atom. The van der Waals surface area contributed by atoms with Crippen LogP contribution in [0, 0.1) is 11.7 Å². The molecule has 2 aromatic carbocycles. The van der Waals surface area contributed by atoms with E-state index in [9.17, 15) is 12.8 Å². The van der Waals surface area contributed by atoms with Crippen molar-refractivity contribution in [2.45, 2.75) is 16.1 Å². The summed E-state index contributed by atoms with van der Waals surface area (Å²) in [6.45, 7) is 0.304. The Balaban J connectivity index is 1.94. The fourth-order valence-electron chi connectivity index (χ4n) is 2.94. The van der Waals surface area contributed by atoms with Crippen molar-refractivity contribution < 1.29 is 12.8 Å². The van der Waals surface area contributed by atoms with E-state index in [1.165, 1.54) is 12.1 Å². The number of benzene rings is 2. The smallest absolute Gasteiger partial charge is 0.182 e. The Labute approximate surface area is 123 Å². The predicted octanol–water partition coefficient (Wildman–Crippen LogP) is 2.34. The molecule has 1 saturated carbocycles. The summed E-state index contributed by atoms with van der Waals surface area (Å²) >= 11 is 0. The first-order chi connectivity index (χ1) is 10.1. The highest BCUT2D eigenvalue weighted by Crippen LogP contribution is 2.53. The van der Waals surface area contributed by atoms with Crippen LogP contribution in [0.5, 0.6) is 0 Å². The van der Waals surface area contributed by atoms with Crippen LogP contribution in [0.2, 0.25) is 0 Å². The second kappa shape index (κ2) is 5.24. The summed E-state index contributed by atoms with van der Waals surface area (Å²) in [5.74, 6) is -0.590. The molecule has 1 aliphatic carbocycles. The number of nitrogens with two attached hydrogens (primary N) is 1. The van der Waals surface area contributed by atoms with Gasteiger partial charge >= 0.3 is 0 Å². The molecule has 0 amide bonds. The van der Waals surface area contributed by atoms with Crippen LogP contribution < -0.4 is 5.73 Å². The Hall–Kier alpha value is -1.72. The van der Waals surface area contributed by atoms with Crippen molar-refractivity contribution in [2.24, 2.45) is 11.7 Å². The van der Waals surface area contributed by atoms with Crippen LogP contribution in [0.4, 0.5) is 4.39 Å². The van der Waals surface area contributed by atoms with E-state index >= 15 is 0 Å². The molecular formula is C16H16FNO2S. The molecule has 1 aliphatic rings. The lowest BCUT2D eigenvalue weighted by Crippen LogP contribution is -2.13. The molecule has 1 fully saturated rings. The zero-order valence-electron chi connectivity index (χ0n) is 11.3. The third-order valence-corrected chi connectivity index (χ3v) is 6.34. The Bertz CT molecular complexity index is 729. The van der Waals surface area contributed by atoms with Gasteiger partial charge in [-0.3, -0.25) is 0 Å². The normalized spacial score (nSPS) is 24.8. The van der Waals surface area contributed by atoms with E-state index in [4.69, 9.17) is 5.73 Å². The van der Waals surface area contributed by atoms with Gasteiger partial charge in [-0.1, -0.05) is 30.3 Å². The minimum atomic E-state index is -3.41. The minimum Gasteiger partial charge on any atom is -0.330 e. The van der Waals surface area contributed by atoms with Crippen LogP contribution in [0.25, 0.3) is 0 Å². The van der Waals surface area contributed by atoms with E-state index in [0.29, 0.717) is 11.4 Å². The molecule has 0 aromatic heterocycles. The molecule has 3 unspecified atom stereocenters. The van der Waals surface area contributed by atoms with Crippen molar-refractivity contribution >= 4 is 9.84 Å². The summed E-state index contributed by atoms with van der Waals surface area (Å²) in [5.41, 5.74) is 6.55. The fraction of sp³-hybridized carbons (Fsp3) is 0.250. The van der Waals surface area contributed by atoms with Crippen molar-refractivity contribution in [2.75, 3.05) is 6.54 Å². The molecule has 5 heteroatoms. The van der Waals surface area contributed by atoms with E-state index in [2.05, 4.69) is 0 Å². The molecule has 3 atom stereocenters. The van der Waals surface area contributed by atoms with Gasteiger partial charge in [-0.05, 0) is 42.3 Å². The maximum atomic E-state index is 13.0. The van der Waals surface area contributed by atoms with Gasteiger partial charge in [0.25, 0.3) is 0 Å². The number of hydrogen-bond acceptors (Lipinski definition) is 3. The Morgan fingerprint density at radius 3 is 2.19 bits per heavy atom. The number of rotatable bonds is 4. The van der Waals surface area contributed by atoms with E-state index in [0.717, 1.165) is 5.56 Å². The van der Waals surface area contributed by atoms with Gasteiger partial charge in [-0.2, -0.15) is 0 Å². The predicted molar refractivity (Wildman–Crippen MR) is 79.1 cm³/mol. The quantitative estimate of drug-likeness (QED) is 0.943. The first-order valence-corrected chi connectivity index (χ1v) is 8.35. The van der Waals surface area contributed by atoms with Gasteiger partial charge in [-0.15, -0.1) is 0 Å². The van der Waals surface area contributed by atoms with Crippen LogP contribution in [0.3, 0.4) is 0 Å². The minimum absolute atomic E-state index is 0.110. The largest absolute Gasteiger partial charge is 0.330 e. The van der Waals surface area contributed by atoms with Crippen molar-refractivity contribution in [3.05, 3.63) is 66.0 Å². The van der Waals surface area contributed by atoms with E-state index in [1.807, 2.05) is 0 Å². The van der Waals surface area contributed by atoms with Crippen LogP contribution in [-0.2, 0) is 9.84 Å². The summed E-state index contributed by atoms with van der Waals surface area (Å²) < 4.78 is 38.4. The second-order valence-corrected chi connectivity index (χ2v) is 7.41. The summed E-state index contributed by atoms with van der Waals surface area (Å²) in [7, 11) is -3.41. The maximum absolute atomic E-state index is 13.0. The van der Waals surface area contributed by atoms with Crippen LogP contribution in [-0.4, -0.2) is 20.2 Å². The number of sulfone groups is 1. The molecule has 0 saturated heterocycles. The lowest BCUT2D eigenvalue weighted by Gasteiger charge is -2.04. The van der Waals surface area contributed by atoms with Crippen LogP contribution in [0.1, 0.15) is 11.5 Å². The summed E-state index contributed by atoms with van der Waals surface area (Å²) in [4.78, 5) is 0.318. The van der Waals surface area contributed by atoms with Gasteiger partial charge in [0, 0.05) is 5.92 Å². The zero-order valence-corrected chi connectivity index (χ0v) is 12.1. The average molecular weight is 305 g/mol. The van der Waals surface area contributed by atoms with Gasteiger partial charge in [0.15, 0.2) is 9.84 Å². The molecule has 0 bridgehead atoms. The van der Waals surface area contributed by atoms with E-state index in [-0.39, 0.29) is 17.7 Å². The second-order valence-electron chi connectivity index (χ2n) is 5.30. The zero-order chi connectivity index (χ0) is 15.0. The molecule has 0 radical (unpaired) electrons. The molecule has 0 heterocycles. The van der Waals surface area contributed by atoms with Gasteiger partial charge in [0.05, 0.1) is 10.1 Å². The van der Waals surface area contributed by atoms with E-state index < -0.39 is 15.1 Å². The highest BCUT2D eigenvalue weighted by Gasteiger charge is 2.57. The lowest BCUT2D eigenvalue weighted by molar-refractivity contribution is 0.591. The molecule has 0 spiro atoms. The van der Waals surface area contributed by atoms with Gasteiger partial charge in [-0.25, -0.2) is 12.8 Å². The standard InChI is InChI=1S/C16H16FNO2S/c17-12-8-6-11(7-9-12)15-14(10-18)16(15)21(19,20)13-4-2-1-3-5-13/h1-9,14-16H,10,18H2. The number of hydrogen-bond donors (Lipinski definition) is 1. The van der Waals surface area contributed by atoms with Gasteiger partial charge in [0.1, 0.15) is 5.82 Å².